The molecule has 0 radical (unpaired) electrons. The lowest BCUT2D eigenvalue weighted by molar-refractivity contribution is 0.0632. The fourth-order valence-corrected chi connectivity index (χ4v) is 4.31. The van der Waals surface area contributed by atoms with Crippen molar-refractivity contribution in [1.29, 1.82) is 0 Å². The van der Waals surface area contributed by atoms with Crippen molar-refractivity contribution in [3.63, 3.8) is 0 Å². The van der Waals surface area contributed by atoms with Gasteiger partial charge in [-0.25, -0.2) is 15.0 Å². The lowest BCUT2D eigenvalue weighted by Crippen LogP contribution is -2.42. The van der Waals surface area contributed by atoms with Crippen LogP contribution in [0.3, 0.4) is 0 Å². The largest absolute Gasteiger partial charge is 0.338 e. The predicted molar refractivity (Wildman–Crippen MR) is 119 cm³/mol. The van der Waals surface area contributed by atoms with Gasteiger partial charge in [-0.15, -0.1) is 0 Å². The zero-order valence-corrected chi connectivity index (χ0v) is 17.9. The van der Waals surface area contributed by atoms with Crippen LogP contribution in [0.25, 0.3) is 11.2 Å². The van der Waals surface area contributed by atoms with Gasteiger partial charge in [-0.2, -0.15) is 0 Å². The average molecular weight is 428 g/mol. The summed E-state index contributed by atoms with van der Waals surface area (Å²) < 4.78 is 3.70. The van der Waals surface area contributed by atoms with Gasteiger partial charge in [-0.1, -0.05) is 30.3 Å². The van der Waals surface area contributed by atoms with E-state index in [2.05, 4.69) is 27.1 Å². The molecule has 8 nitrogen and oxygen atoms in total. The molecule has 1 atom stereocenters. The van der Waals surface area contributed by atoms with Gasteiger partial charge < -0.3 is 14.0 Å². The molecule has 1 fully saturated rings. The number of ketones is 1. The van der Waals surface area contributed by atoms with E-state index in [0.29, 0.717) is 36.5 Å². The highest BCUT2D eigenvalue weighted by Gasteiger charge is 2.31. The monoisotopic (exact) mass is 428 g/mol. The van der Waals surface area contributed by atoms with Crippen LogP contribution in [0.15, 0.2) is 61.3 Å². The highest BCUT2D eigenvalue weighted by Crippen LogP contribution is 2.23. The first-order chi connectivity index (χ1) is 15.6. The number of carbonyl (C=O) groups is 2. The highest BCUT2D eigenvalue weighted by atomic mass is 16.2. The first-order valence-corrected chi connectivity index (χ1v) is 10.8. The van der Waals surface area contributed by atoms with Gasteiger partial charge in [0.05, 0.1) is 18.4 Å². The molecule has 5 rings (SSSR count). The number of hydrogen-bond donors (Lipinski definition) is 0. The molecule has 0 bridgehead atoms. The van der Waals surface area contributed by atoms with E-state index in [-0.39, 0.29) is 17.6 Å². The third-order valence-electron chi connectivity index (χ3n) is 6.02. The molecule has 1 aliphatic heterocycles. The summed E-state index contributed by atoms with van der Waals surface area (Å²) in [6.45, 7) is 1.69. The van der Waals surface area contributed by atoms with E-state index in [0.717, 1.165) is 24.1 Å². The van der Waals surface area contributed by atoms with Gasteiger partial charge in [0, 0.05) is 44.6 Å². The summed E-state index contributed by atoms with van der Waals surface area (Å²) in [5.74, 6) is 0.0736. The number of fused-ring (bicyclic) bond motifs is 1. The number of aryl methyl sites for hydroxylation is 1. The number of amides is 1. The van der Waals surface area contributed by atoms with Crippen molar-refractivity contribution in [3.05, 3.63) is 78.3 Å². The van der Waals surface area contributed by atoms with Gasteiger partial charge >= 0.3 is 0 Å². The second-order valence-electron chi connectivity index (χ2n) is 8.24. The van der Waals surface area contributed by atoms with Crippen LogP contribution >= 0.6 is 0 Å². The fraction of sp³-hybridized carbons (Fsp3) is 0.292. The Kier molecular flexibility index (Phi) is 5.26. The molecule has 0 spiro atoms. The first-order valence-electron chi connectivity index (χ1n) is 10.8. The zero-order valence-electron chi connectivity index (χ0n) is 17.9. The molecule has 8 heteroatoms. The minimum atomic E-state index is -0.240. The Morgan fingerprint density at radius 1 is 1.12 bits per heavy atom. The number of carbonyl (C=O) groups excluding carboxylic acids is 2. The van der Waals surface area contributed by atoms with E-state index in [1.807, 2.05) is 29.8 Å². The molecule has 32 heavy (non-hydrogen) atoms. The Labute approximate surface area is 185 Å². The third-order valence-corrected chi connectivity index (χ3v) is 6.02. The molecule has 1 aliphatic rings. The first kappa shape index (κ1) is 20.1. The van der Waals surface area contributed by atoms with E-state index in [4.69, 9.17) is 0 Å². The second-order valence-corrected chi connectivity index (χ2v) is 8.24. The van der Waals surface area contributed by atoms with Crippen molar-refractivity contribution < 1.29 is 9.59 Å². The van der Waals surface area contributed by atoms with Gasteiger partial charge in [0.15, 0.2) is 11.5 Å². The van der Waals surface area contributed by atoms with Gasteiger partial charge in [-0.3, -0.25) is 9.59 Å². The maximum absolute atomic E-state index is 13.2. The number of Topliss-reactive ketones (excluding diaryl/α,β-unsaturated/α-hetero) is 1. The summed E-state index contributed by atoms with van der Waals surface area (Å²) in [5.41, 5.74) is 3.08. The summed E-state index contributed by atoms with van der Waals surface area (Å²) in [6, 6.07) is 11.9. The van der Waals surface area contributed by atoms with Crippen LogP contribution < -0.4 is 0 Å². The van der Waals surface area contributed by atoms with Gasteiger partial charge in [0.2, 0.25) is 5.78 Å². The molecule has 162 valence electrons. The number of rotatable bonds is 5. The lowest BCUT2D eigenvalue weighted by atomic mass is 9.93. The maximum Gasteiger partial charge on any atom is 0.255 e. The lowest BCUT2D eigenvalue weighted by Gasteiger charge is -2.31. The van der Waals surface area contributed by atoms with E-state index >= 15 is 0 Å². The average Bonchev–Trinajstić information content (AvgIpc) is 3.44. The van der Waals surface area contributed by atoms with Crippen LogP contribution in [0.5, 0.6) is 0 Å². The molecular formula is C24H24N6O2. The van der Waals surface area contributed by atoms with E-state index in [9.17, 15) is 9.59 Å². The third kappa shape index (κ3) is 3.79. The summed E-state index contributed by atoms with van der Waals surface area (Å²) in [5, 5.41) is 0. The molecule has 0 saturated carbocycles. The van der Waals surface area contributed by atoms with Crippen molar-refractivity contribution in [3.8, 4) is 0 Å². The van der Waals surface area contributed by atoms with E-state index in [1.165, 1.54) is 0 Å². The van der Waals surface area contributed by atoms with Crippen molar-refractivity contribution in [1.82, 2.24) is 29.0 Å². The standard InChI is InChI=1S/C24H24N6O2/c1-28-11-9-25-23(28)21(31)18-8-5-10-29(15-18)24(32)19-12-20-22(26-13-19)30(16-27-20)14-17-6-3-2-4-7-17/h2-4,6-7,9,11-13,16,18H,5,8,10,14-15H2,1H3. The van der Waals surface area contributed by atoms with Crippen molar-refractivity contribution in [2.24, 2.45) is 13.0 Å². The van der Waals surface area contributed by atoms with Gasteiger partial charge in [0.25, 0.3) is 5.91 Å². The molecule has 1 amide bonds. The summed E-state index contributed by atoms with van der Waals surface area (Å²) >= 11 is 0. The van der Waals surface area contributed by atoms with Crippen LogP contribution in [-0.2, 0) is 13.6 Å². The van der Waals surface area contributed by atoms with Gasteiger partial charge in [-0.05, 0) is 24.5 Å². The molecule has 4 heterocycles. The molecule has 0 N–H and O–H groups in total. The Morgan fingerprint density at radius 3 is 2.75 bits per heavy atom. The molecule has 4 aromatic rings. The number of hydrogen-bond acceptors (Lipinski definition) is 5. The SMILES string of the molecule is Cn1ccnc1C(=O)C1CCCN(C(=O)c2cnc3c(c2)ncn3Cc2ccccc2)C1. The van der Waals surface area contributed by atoms with Crippen molar-refractivity contribution in [2.45, 2.75) is 19.4 Å². The topological polar surface area (TPSA) is 85.9 Å². The number of likely N-dealkylation sites (tertiary alicyclic amines) is 1. The van der Waals surface area contributed by atoms with Gasteiger partial charge in [0.1, 0.15) is 5.52 Å². The van der Waals surface area contributed by atoms with Crippen molar-refractivity contribution >= 4 is 22.9 Å². The van der Waals surface area contributed by atoms with Crippen LogP contribution in [0, 0.1) is 5.92 Å². The van der Waals surface area contributed by atoms with Crippen LogP contribution in [-0.4, -0.2) is 53.8 Å². The Bertz CT molecular complexity index is 1280. The number of imidazole rings is 2. The second kappa shape index (κ2) is 8.37. The normalized spacial score (nSPS) is 16.4. The molecule has 0 aliphatic carbocycles. The summed E-state index contributed by atoms with van der Waals surface area (Å²) in [4.78, 5) is 41.0. The molecule has 3 aromatic heterocycles. The van der Waals surface area contributed by atoms with Crippen LogP contribution in [0.1, 0.15) is 39.4 Å². The van der Waals surface area contributed by atoms with Crippen LogP contribution in [0.2, 0.25) is 0 Å². The fourth-order valence-electron chi connectivity index (χ4n) is 4.31. The van der Waals surface area contributed by atoms with Crippen LogP contribution in [0.4, 0.5) is 0 Å². The quantitative estimate of drug-likeness (QED) is 0.456. The highest BCUT2D eigenvalue weighted by molar-refractivity contribution is 5.98. The molecule has 1 aromatic carbocycles. The number of pyridine rings is 1. The molecule has 1 unspecified atom stereocenters. The predicted octanol–water partition coefficient (Wildman–Crippen LogP) is 2.95. The smallest absolute Gasteiger partial charge is 0.255 e. The number of piperidine rings is 1. The van der Waals surface area contributed by atoms with E-state index < -0.39 is 0 Å². The molecular weight excluding hydrogens is 404 g/mol. The minimum Gasteiger partial charge on any atom is -0.338 e. The summed E-state index contributed by atoms with van der Waals surface area (Å²) in [7, 11) is 1.81. The number of nitrogens with zero attached hydrogens (tertiary/aromatic N) is 6. The Morgan fingerprint density at radius 2 is 1.97 bits per heavy atom. The molecule has 1 saturated heterocycles. The zero-order chi connectivity index (χ0) is 22.1. The maximum atomic E-state index is 13.2. The van der Waals surface area contributed by atoms with E-state index in [1.54, 1.807) is 40.5 Å². The Hall–Kier alpha value is -3.81. The van der Waals surface area contributed by atoms with Crippen molar-refractivity contribution in [2.75, 3.05) is 13.1 Å². The Balaban J connectivity index is 1.33. The number of benzene rings is 1. The number of aromatic nitrogens is 5. The summed E-state index contributed by atoms with van der Waals surface area (Å²) in [6.07, 6.45) is 8.29. The minimum absolute atomic E-state index is 0.0109.